The van der Waals surface area contributed by atoms with Gasteiger partial charge in [0.1, 0.15) is 5.69 Å². The van der Waals surface area contributed by atoms with E-state index < -0.39 is 0 Å². The molecule has 1 atom stereocenters. The van der Waals surface area contributed by atoms with Gasteiger partial charge in [-0.15, -0.1) is 0 Å². The molecule has 0 aliphatic carbocycles. The van der Waals surface area contributed by atoms with Crippen molar-refractivity contribution < 1.29 is 9.53 Å². The molecule has 2 aromatic heterocycles. The van der Waals surface area contributed by atoms with E-state index in [-0.39, 0.29) is 11.3 Å². The van der Waals surface area contributed by atoms with E-state index in [1.807, 2.05) is 11.0 Å². The molecule has 0 N–H and O–H groups in total. The van der Waals surface area contributed by atoms with Crippen molar-refractivity contribution in [3.05, 3.63) is 42.7 Å². The standard InChI is InChI=1S/C18H22N6O2/c25-16(15-11-19-6-7-20-15)23-8-1-3-18(12-23)13-24(9-10-26-14-18)17-21-4-2-5-22-17/h2,4-7,11H,1,3,8-10,12-14H2. The Morgan fingerprint density at radius 2 is 1.96 bits per heavy atom. The molecule has 2 aliphatic heterocycles. The van der Waals surface area contributed by atoms with Gasteiger partial charge in [-0.1, -0.05) is 0 Å². The topological polar surface area (TPSA) is 84.3 Å². The van der Waals surface area contributed by atoms with Crippen molar-refractivity contribution in [3.63, 3.8) is 0 Å². The summed E-state index contributed by atoms with van der Waals surface area (Å²) in [5.41, 5.74) is 0.272. The van der Waals surface area contributed by atoms with Crippen LogP contribution in [0.2, 0.25) is 0 Å². The Labute approximate surface area is 152 Å². The summed E-state index contributed by atoms with van der Waals surface area (Å²) < 4.78 is 5.91. The fraction of sp³-hybridized carbons (Fsp3) is 0.500. The van der Waals surface area contributed by atoms with E-state index in [0.29, 0.717) is 25.5 Å². The van der Waals surface area contributed by atoms with E-state index in [1.54, 1.807) is 24.8 Å². The lowest BCUT2D eigenvalue weighted by atomic mass is 9.80. The van der Waals surface area contributed by atoms with Gasteiger partial charge >= 0.3 is 0 Å². The summed E-state index contributed by atoms with van der Waals surface area (Å²) in [6, 6.07) is 1.81. The second-order valence-corrected chi connectivity index (χ2v) is 6.94. The fourth-order valence-corrected chi connectivity index (χ4v) is 3.82. The first-order valence-corrected chi connectivity index (χ1v) is 8.91. The first kappa shape index (κ1) is 16.8. The van der Waals surface area contributed by atoms with Crippen LogP contribution in [0.1, 0.15) is 23.3 Å². The molecule has 1 amide bonds. The van der Waals surface area contributed by atoms with Gasteiger partial charge in [0.25, 0.3) is 5.91 Å². The van der Waals surface area contributed by atoms with Crippen molar-refractivity contribution in [2.45, 2.75) is 12.8 Å². The van der Waals surface area contributed by atoms with Crippen molar-refractivity contribution in [1.29, 1.82) is 0 Å². The Kier molecular flexibility index (Phi) is 4.75. The Morgan fingerprint density at radius 1 is 1.08 bits per heavy atom. The fourth-order valence-electron chi connectivity index (χ4n) is 3.82. The summed E-state index contributed by atoms with van der Waals surface area (Å²) in [6.45, 7) is 4.19. The number of rotatable bonds is 2. The maximum atomic E-state index is 12.8. The van der Waals surface area contributed by atoms with Gasteiger partial charge in [-0.25, -0.2) is 15.0 Å². The predicted molar refractivity (Wildman–Crippen MR) is 94.7 cm³/mol. The normalized spacial score (nSPS) is 23.7. The third-order valence-electron chi connectivity index (χ3n) is 5.01. The molecule has 136 valence electrons. The van der Waals surface area contributed by atoms with Crippen LogP contribution in [0.25, 0.3) is 0 Å². The molecule has 0 saturated carbocycles. The van der Waals surface area contributed by atoms with Gasteiger partial charge in [-0.2, -0.15) is 0 Å². The SMILES string of the molecule is O=C(c1cnccn1)N1CCCC2(COCCN(c3ncccn3)C2)C1. The molecule has 8 nitrogen and oxygen atoms in total. The average Bonchev–Trinajstić information content (AvgIpc) is 2.91. The first-order valence-electron chi connectivity index (χ1n) is 8.91. The molecule has 0 aromatic carbocycles. The number of likely N-dealkylation sites (tertiary alicyclic amines) is 1. The predicted octanol–water partition coefficient (Wildman–Crippen LogP) is 1.03. The molecule has 0 bridgehead atoms. The molecule has 1 unspecified atom stereocenters. The first-order chi connectivity index (χ1) is 12.8. The molecule has 2 fully saturated rings. The van der Waals surface area contributed by atoms with Gasteiger partial charge in [0, 0.05) is 56.4 Å². The number of amides is 1. The number of carbonyl (C=O) groups excluding carboxylic acids is 1. The Hall–Kier alpha value is -2.61. The summed E-state index contributed by atoms with van der Waals surface area (Å²) in [5.74, 6) is 0.652. The monoisotopic (exact) mass is 354 g/mol. The van der Waals surface area contributed by atoms with Crippen molar-refractivity contribution in [2.75, 3.05) is 44.3 Å². The van der Waals surface area contributed by atoms with Crippen molar-refractivity contribution in [3.8, 4) is 0 Å². The second-order valence-electron chi connectivity index (χ2n) is 6.94. The number of aromatic nitrogens is 4. The summed E-state index contributed by atoms with van der Waals surface area (Å²) in [5, 5.41) is 0. The van der Waals surface area contributed by atoms with Crippen LogP contribution < -0.4 is 4.90 Å². The Balaban J connectivity index is 1.53. The molecule has 2 aliphatic rings. The quantitative estimate of drug-likeness (QED) is 0.796. The van der Waals surface area contributed by atoms with Gasteiger partial charge in [0.15, 0.2) is 0 Å². The average molecular weight is 354 g/mol. The van der Waals surface area contributed by atoms with Crippen LogP contribution in [0.4, 0.5) is 5.95 Å². The highest BCUT2D eigenvalue weighted by Gasteiger charge is 2.41. The van der Waals surface area contributed by atoms with Crippen LogP contribution in [0.5, 0.6) is 0 Å². The smallest absolute Gasteiger partial charge is 0.274 e. The molecule has 4 rings (SSSR count). The maximum absolute atomic E-state index is 12.8. The summed E-state index contributed by atoms with van der Waals surface area (Å²) in [4.78, 5) is 33.8. The molecular formula is C18H22N6O2. The van der Waals surface area contributed by atoms with Crippen molar-refractivity contribution in [2.24, 2.45) is 5.41 Å². The van der Waals surface area contributed by atoms with Gasteiger partial charge in [0.05, 0.1) is 19.4 Å². The number of hydrogen-bond acceptors (Lipinski definition) is 7. The lowest BCUT2D eigenvalue weighted by molar-refractivity contribution is 0.0132. The lowest BCUT2D eigenvalue weighted by Gasteiger charge is -2.43. The second kappa shape index (κ2) is 7.33. The van der Waals surface area contributed by atoms with Gasteiger partial charge in [0.2, 0.25) is 5.95 Å². The largest absolute Gasteiger partial charge is 0.379 e. The highest BCUT2D eigenvalue weighted by Crippen LogP contribution is 2.34. The Morgan fingerprint density at radius 3 is 2.77 bits per heavy atom. The molecule has 2 saturated heterocycles. The van der Waals surface area contributed by atoms with Gasteiger partial charge < -0.3 is 14.5 Å². The molecule has 2 aromatic rings. The highest BCUT2D eigenvalue weighted by molar-refractivity contribution is 5.92. The van der Waals surface area contributed by atoms with Crippen molar-refractivity contribution >= 4 is 11.9 Å². The summed E-state index contributed by atoms with van der Waals surface area (Å²) >= 11 is 0. The van der Waals surface area contributed by atoms with E-state index >= 15 is 0 Å². The number of carbonyl (C=O) groups is 1. The summed E-state index contributed by atoms with van der Waals surface area (Å²) in [6.07, 6.45) is 10.1. The van der Waals surface area contributed by atoms with Crippen LogP contribution in [0.15, 0.2) is 37.1 Å². The maximum Gasteiger partial charge on any atom is 0.274 e. The van der Waals surface area contributed by atoms with E-state index in [2.05, 4.69) is 24.8 Å². The zero-order valence-electron chi connectivity index (χ0n) is 14.6. The minimum absolute atomic E-state index is 0.0658. The van der Waals surface area contributed by atoms with Crippen LogP contribution in [-0.2, 0) is 4.74 Å². The zero-order chi connectivity index (χ0) is 17.8. The summed E-state index contributed by atoms with van der Waals surface area (Å²) in [7, 11) is 0. The molecular weight excluding hydrogens is 332 g/mol. The third kappa shape index (κ3) is 3.50. The molecule has 4 heterocycles. The van der Waals surface area contributed by atoms with E-state index in [4.69, 9.17) is 4.74 Å². The molecule has 26 heavy (non-hydrogen) atoms. The van der Waals surface area contributed by atoms with Crippen LogP contribution >= 0.6 is 0 Å². The van der Waals surface area contributed by atoms with Crippen LogP contribution in [0, 0.1) is 5.41 Å². The zero-order valence-corrected chi connectivity index (χ0v) is 14.6. The van der Waals surface area contributed by atoms with Crippen molar-refractivity contribution in [1.82, 2.24) is 24.8 Å². The molecule has 8 heteroatoms. The van der Waals surface area contributed by atoms with Gasteiger partial charge in [-0.3, -0.25) is 9.78 Å². The lowest BCUT2D eigenvalue weighted by Crippen LogP contribution is -2.52. The third-order valence-corrected chi connectivity index (χ3v) is 5.01. The number of ether oxygens (including phenoxy) is 1. The van der Waals surface area contributed by atoms with E-state index in [1.165, 1.54) is 6.20 Å². The van der Waals surface area contributed by atoms with E-state index in [0.717, 1.165) is 38.4 Å². The van der Waals surface area contributed by atoms with Crippen LogP contribution in [-0.4, -0.2) is 70.1 Å². The number of hydrogen-bond donors (Lipinski definition) is 0. The number of piperidine rings is 1. The number of nitrogens with zero attached hydrogens (tertiary/aromatic N) is 6. The van der Waals surface area contributed by atoms with E-state index in [9.17, 15) is 4.79 Å². The highest BCUT2D eigenvalue weighted by atomic mass is 16.5. The molecule has 0 radical (unpaired) electrons. The minimum Gasteiger partial charge on any atom is -0.379 e. The van der Waals surface area contributed by atoms with Gasteiger partial charge in [-0.05, 0) is 18.9 Å². The van der Waals surface area contributed by atoms with Crippen LogP contribution in [0.3, 0.4) is 0 Å². The minimum atomic E-state index is -0.119. The molecule has 1 spiro atoms. The number of anilines is 1. The Bertz CT molecular complexity index is 744.